The second-order valence-electron chi connectivity index (χ2n) is 7.25. The Kier molecular flexibility index (Phi) is 4.09. The fourth-order valence-electron chi connectivity index (χ4n) is 4.20. The molecular formula is C20H22N6O. The average molecular weight is 362 g/mol. The number of hydrogen-bond donors (Lipinski definition) is 1. The number of likely N-dealkylation sites (tertiary alicyclic amines) is 1. The third-order valence-electron chi connectivity index (χ3n) is 5.66. The van der Waals surface area contributed by atoms with Crippen molar-refractivity contribution in [1.29, 1.82) is 0 Å². The van der Waals surface area contributed by atoms with Crippen molar-refractivity contribution in [3.63, 3.8) is 0 Å². The molecule has 1 amide bonds. The van der Waals surface area contributed by atoms with Gasteiger partial charge in [0.1, 0.15) is 11.6 Å². The number of benzene rings is 1. The van der Waals surface area contributed by atoms with E-state index in [4.69, 9.17) is 0 Å². The normalized spacial score (nSPS) is 17.9. The van der Waals surface area contributed by atoms with E-state index in [1.807, 2.05) is 35.2 Å². The zero-order valence-electron chi connectivity index (χ0n) is 15.1. The van der Waals surface area contributed by atoms with Gasteiger partial charge >= 0.3 is 0 Å². The molecule has 1 saturated heterocycles. The van der Waals surface area contributed by atoms with Gasteiger partial charge in [0.15, 0.2) is 0 Å². The van der Waals surface area contributed by atoms with E-state index in [0.29, 0.717) is 11.5 Å². The van der Waals surface area contributed by atoms with Crippen LogP contribution in [-0.2, 0) is 13.1 Å². The van der Waals surface area contributed by atoms with Gasteiger partial charge < -0.3 is 14.8 Å². The first-order valence-corrected chi connectivity index (χ1v) is 9.57. The molecule has 3 aromatic rings. The molecule has 0 unspecified atom stereocenters. The van der Waals surface area contributed by atoms with Crippen LogP contribution in [0, 0.1) is 0 Å². The molecule has 4 heterocycles. The second kappa shape index (κ2) is 6.74. The second-order valence-corrected chi connectivity index (χ2v) is 7.25. The maximum absolute atomic E-state index is 13.1. The molecule has 0 radical (unpaired) electrons. The monoisotopic (exact) mass is 362 g/mol. The predicted molar refractivity (Wildman–Crippen MR) is 101 cm³/mol. The highest BCUT2D eigenvalue weighted by Gasteiger charge is 2.29. The van der Waals surface area contributed by atoms with E-state index < -0.39 is 0 Å². The summed E-state index contributed by atoms with van der Waals surface area (Å²) < 4.78 is 2.26. The molecule has 5 rings (SSSR count). The van der Waals surface area contributed by atoms with Crippen LogP contribution in [0.5, 0.6) is 0 Å². The number of nitrogens with one attached hydrogen (secondary N) is 1. The van der Waals surface area contributed by atoms with Crippen LogP contribution in [0.2, 0.25) is 0 Å². The van der Waals surface area contributed by atoms with Gasteiger partial charge in [-0.1, -0.05) is 18.2 Å². The fraction of sp³-hybridized carbons (Fsp3) is 0.400. The number of pyridine rings is 1. The minimum absolute atomic E-state index is 0.0743. The Morgan fingerprint density at radius 2 is 1.93 bits per heavy atom. The predicted octanol–water partition coefficient (Wildman–Crippen LogP) is 1.95. The van der Waals surface area contributed by atoms with E-state index in [9.17, 15) is 4.79 Å². The third kappa shape index (κ3) is 2.88. The lowest BCUT2D eigenvalue weighted by molar-refractivity contribution is 0.0712. The lowest BCUT2D eigenvalue weighted by atomic mass is 9.95. The number of rotatable bonds is 2. The van der Waals surface area contributed by atoms with Crippen LogP contribution in [-0.4, -0.2) is 50.2 Å². The molecule has 1 N–H and O–H groups in total. The summed E-state index contributed by atoms with van der Waals surface area (Å²) in [6, 6.07) is 9.70. The molecule has 2 aliphatic heterocycles. The van der Waals surface area contributed by atoms with Crippen molar-refractivity contribution in [3.05, 3.63) is 53.7 Å². The number of nitrogens with zero attached hydrogens (tertiary/aromatic N) is 5. The molecular weight excluding hydrogens is 340 g/mol. The van der Waals surface area contributed by atoms with Crippen molar-refractivity contribution in [3.8, 4) is 0 Å². The molecule has 2 aliphatic rings. The maximum Gasteiger partial charge on any atom is 0.256 e. The van der Waals surface area contributed by atoms with Crippen LogP contribution in [0.4, 0.5) is 0 Å². The first-order valence-electron chi connectivity index (χ1n) is 9.57. The molecule has 0 spiro atoms. The molecule has 1 aromatic carbocycles. The number of carbonyl (C=O) groups is 1. The van der Waals surface area contributed by atoms with Crippen LogP contribution < -0.4 is 5.32 Å². The highest BCUT2D eigenvalue weighted by Crippen LogP contribution is 2.29. The largest absolute Gasteiger partial charge is 0.339 e. The summed E-state index contributed by atoms with van der Waals surface area (Å²) in [5.41, 5.74) is 1.48. The smallest absolute Gasteiger partial charge is 0.256 e. The number of piperidine rings is 1. The van der Waals surface area contributed by atoms with Crippen LogP contribution in [0.3, 0.4) is 0 Å². The van der Waals surface area contributed by atoms with Crippen molar-refractivity contribution in [2.24, 2.45) is 0 Å². The highest BCUT2D eigenvalue weighted by atomic mass is 16.2. The topological polar surface area (TPSA) is 75.9 Å². The summed E-state index contributed by atoms with van der Waals surface area (Å²) >= 11 is 0. The van der Waals surface area contributed by atoms with E-state index in [2.05, 4.69) is 25.1 Å². The van der Waals surface area contributed by atoms with E-state index in [-0.39, 0.29) is 5.91 Å². The highest BCUT2D eigenvalue weighted by molar-refractivity contribution is 6.05. The van der Waals surface area contributed by atoms with Crippen molar-refractivity contribution < 1.29 is 4.79 Å². The van der Waals surface area contributed by atoms with Gasteiger partial charge in [-0.3, -0.25) is 9.78 Å². The lowest BCUT2D eigenvalue weighted by Crippen LogP contribution is -2.39. The van der Waals surface area contributed by atoms with Crippen LogP contribution in [0.15, 0.2) is 36.5 Å². The van der Waals surface area contributed by atoms with Crippen molar-refractivity contribution >= 4 is 16.8 Å². The molecule has 7 heteroatoms. The number of carbonyl (C=O) groups excluding carboxylic acids is 1. The zero-order valence-corrected chi connectivity index (χ0v) is 15.1. The van der Waals surface area contributed by atoms with Gasteiger partial charge in [0.25, 0.3) is 5.91 Å². The third-order valence-corrected chi connectivity index (χ3v) is 5.66. The first-order chi connectivity index (χ1) is 13.3. The molecule has 0 aliphatic carbocycles. The van der Waals surface area contributed by atoms with Crippen LogP contribution in [0.25, 0.3) is 10.9 Å². The van der Waals surface area contributed by atoms with Crippen LogP contribution >= 0.6 is 0 Å². The number of aromatic nitrogens is 4. The van der Waals surface area contributed by atoms with Crippen molar-refractivity contribution in [2.45, 2.75) is 31.8 Å². The molecule has 138 valence electrons. The minimum Gasteiger partial charge on any atom is -0.339 e. The van der Waals surface area contributed by atoms with E-state index in [1.165, 1.54) is 0 Å². The summed E-state index contributed by atoms with van der Waals surface area (Å²) in [6.45, 7) is 4.17. The van der Waals surface area contributed by atoms with Gasteiger partial charge in [-0.05, 0) is 25.0 Å². The standard InChI is InChI=1S/C20H22N6O/c27-20(16-5-1-3-14-4-2-8-22-18(14)16)25-10-6-15(7-11-25)19-24-23-17-13-21-9-12-26(17)19/h1-5,8,15,21H,6-7,9-13H2. The van der Waals surface area contributed by atoms with Gasteiger partial charge in [0, 0.05) is 43.7 Å². The first kappa shape index (κ1) is 16.4. The summed E-state index contributed by atoms with van der Waals surface area (Å²) in [4.78, 5) is 19.5. The van der Waals surface area contributed by atoms with Gasteiger partial charge in [0.05, 0.1) is 17.6 Å². The molecule has 0 atom stereocenters. The van der Waals surface area contributed by atoms with E-state index >= 15 is 0 Å². The Morgan fingerprint density at radius 3 is 2.81 bits per heavy atom. The maximum atomic E-state index is 13.1. The number of amides is 1. The lowest BCUT2D eigenvalue weighted by Gasteiger charge is -2.32. The Morgan fingerprint density at radius 1 is 1.07 bits per heavy atom. The number of para-hydroxylation sites is 1. The average Bonchev–Trinajstić information content (AvgIpc) is 3.17. The van der Waals surface area contributed by atoms with Gasteiger partial charge in [-0.25, -0.2) is 0 Å². The SMILES string of the molecule is O=C(c1cccc2cccnc12)N1CCC(c2nnc3n2CCNC3)CC1. The summed E-state index contributed by atoms with van der Waals surface area (Å²) in [5, 5.41) is 13.1. The minimum atomic E-state index is 0.0743. The van der Waals surface area contributed by atoms with Gasteiger partial charge in [-0.15, -0.1) is 10.2 Å². The quantitative estimate of drug-likeness (QED) is 0.754. The molecule has 27 heavy (non-hydrogen) atoms. The van der Waals surface area contributed by atoms with Crippen molar-refractivity contribution in [2.75, 3.05) is 19.6 Å². The molecule has 1 fully saturated rings. The molecule has 7 nitrogen and oxygen atoms in total. The van der Waals surface area contributed by atoms with Gasteiger partial charge in [0.2, 0.25) is 0 Å². The number of hydrogen-bond acceptors (Lipinski definition) is 5. The van der Waals surface area contributed by atoms with Gasteiger partial charge in [-0.2, -0.15) is 0 Å². The Hall–Kier alpha value is -2.80. The molecule has 2 aromatic heterocycles. The van der Waals surface area contributed by atoms with Crippen molar-refractivity contribution in [1.82, 2.24) is 30.0 Å². The fourth-order valence-corrected chi connectivity index (χ4v) is 4.20. The van der Waals surface area contributed by atoms with E-state index in [1.54, 1.807) is 6.20 Å². The zero-order chi connectivity index (χ0) is 18.2. The summed E-state index contributed by atoms with van der Waals surface area (Å²) in [6.07, 6.45) is 3.60. The Balaban J connectivity index is 1.33. The number of fused-ring (bicyclic) bond motifs is 2. The van der Waals surface area contributed by atoms with E-state index in [0.717, 1.165) is 68.1 Å². The summed E-state index contributed by atoms with van der Waals surface area (Å²) in [7, 11) is 0. The van der Waals surface area contributed by atoms with Crippen LogP contribution in [0.1, 0.15) is 40.8 Å². The Labute approximate surface area is 157 Å². The molecule has 0 saturated carbocycles. The Bertz CT molecular complexity index is 984. The molecule has 0 bridgehead atoms. The summed E-state index contributed by atoms with van der Waals surface area (Å²) in [5.74, 6) is 2.56.